The summed E-state index contributed by atoms with van der Waals surface area (Å²) in [4.78, 5) is 28.2. The Morgan fingerprint density at radius 1 is 1.25 bits per heavy atom. The van der Waals surface area contributed by atoms with Crippen LogP contribution in [0.3, 0.4) is 0 Å². The number of benzene rings is 2. The van der Waals surface area contributed by atoms with E-state index in [1.165, 1.54) is 29.2 Å². The van der Waals surface area contributed by atoms with Gasteiger partial charge in [-0.15, -0.1) is 6.58 Å². The van der Waals surface area contributed by atoms with Crippen molar-refractivity contribution in [3.63, 3.8) is 0 Å². The molecule has 0 atom stereocenters. The fourth-order valence-corrected chi connectivity index (χ4v) is 4.92. The van der Waals surface area contributed by atoms with Crippen molar-refractivity contribution in [3.8, 4) is 11.1 Å². The highest BCUT2D eigenvalue weighted by atomic mass is 19.1. The maximum Gasteiger partial charge on any atom is 0.353 e. The molecule has 9 heteroatoms. The number of carboxylic acid groups (broad SMARTS) is 1. The first-order valence-corrected chi connectivity index (χ1v) is 11.2. The lowest BCUT2D eigenvalue weighted by atomic mass is 10.0. The third kappa shape index (κ3) is 3.17. The molecule has 6 aromatic rings. The lowest BCUT2D eigenvalue weighted by Gasteiger charge is -2.13. The second-order valence-corrected chi connectivity index (χ2v) is 8.51. The van der Waals surface area contributed by atoms with E-state index in [1.807, 2.05) is 12.1 Å². The summed E-state index contributed by atoms with van der Waals surface area (Å²) in [5.41, 5.74) is 2.79. The van der Waals surface area contributed by atoms with Gasteiger partial charge in [0.1, 0.15) is 17.1 Å². The highest BCUT2D eigenvalue weighted by Crippen LogP contribution is 2.40. The van der Waals surface area contributed by atoms with Gasteiger partial charge in [0.2, 0.25) is 0 Å². The highest BCUT2D eigenvalue weighted by Gasteiger charge is 2.29. The molecule has 0 fully saturated rings. The number of allylic oxidation sites excluding steroid dienone is 1. The number of rotatable bonds is 6. The molecule has 8 nitrogen and oxygen atoms in total. The number of aromatic amines is 2. The molecule has 0 aliphatic rings. The van der Waals surface area contributed by atoms with E-state index in [4.69, 9.17) is 4.42 Å². The Morgan fingerprint density at radius 2 is 2.11 bits per heavy atom. The first-order valence-electron chi connectivity index (χ1n) is 11.2. The number of carbonyl (C=O) groups is 1. The second kappa shape index (κ2) is 8.09. The molecule has 4 aromatic heterocycles. The van der Waals surface area contributed by atoms with E-state index in [-0.39, 0.29) is 34.3 Å². The number of carboxylic acids is 1. The molecule has 6 rings (SSSR count). The van der Waals surface area contributed by atoms with Gasteiger partial charge in [-0.05, 0) is 53.9 Å². The SMILES string of the molecule is C=CCc1cc2[nH]ncc2cc1Cn1c(C(=O)O)c(-c2ccc[nH]c2=O)c2c3occc3c(F)cc21. The van der Waals surface area contributed by atoms with Crippen LogP contribution < -0.4 is 5.56 Å². The predicted molar refractivity (Wildman–Crippen MR) is 134 cm³/mol. The van der Waals surface area contributed by atoms with Crippen LogP contribution in [0, 0.1) is 5.82 Å². The summed E-state index contributed by atoms with van der Waals surface area (Å²) < 4.78 is 22.3. The van der Waals surface area contributed by atoms with Gasteiger partial charge in [-0.25, -0.2) is 9.18 Å². The maximum atomic E-state index is 15.1. The normalized spacial score (nSPS) is 11.6. The molecule has 0 amide bonds. The van der Waals surface area contributed by atoms with E-state index < -0.39 is 17.3 Å². The Morgan fingerprint density at radius 3 is 2.89 bits per heavy atom. The number of pyridine rings is 1. The van der Waals surface area contributed by atoms with Crippen molar-refractivity contribution in [2.75, 3.05) is 0 Å². The Labute approximate surface area is 202 Å². The number of hydrogen-bond acceptors (Lipinski definition) is 4. The van der Waals surface area contributed by atoms with Crippen molar-refractivity contribution < 1.29 is 18.7 Å². The standard InChI is InChI=1S/C27H19FN4O4/c1-2-4-14-10-20-15(12-30-31-20)9-16(14)13-32-21-11-19(28)17-6-8-36-25(17)23(21)22(24(32)27(34)35)18-5-3-7-29-26(18)33/h2-3,5-12H,1,4,13H2,(H,29,33)(H,30,31)(H,34,35). The van der Waals surface area contributed by atoms with E-state index >= 15 is 4.39 Å². The van der Waals surface area contributed by atoms with E-state index in [9.17, 15) is 14.7 Å². The molecule has 0 bridgehead atoms. The average Bonchev–Trinajstić information content (AvgIpc) is 3.58. The number of nitrogens with zero attached hydrogens (tertiary/aromatic N) is 2. The number of halogens is 1. The Bertz CT molecular complexity index is 1890. The molecular formula is C27H19FN4O4. The van der Waals surface area contributed by atoms with E-state index in [2.05, 4.69) is 21.8 Å². The molecule has 2 aromatic carbocycles. The molecule has 4 heterocycles. The van der Waals surface area contributed by atoms with Crippen LogP contribution in [0.1, 0.15) is 21.6 Å². The summed E-state index contributed by atoms with van der Waals surface area (Å²) in [7, 11) is 0. The van der Waals surface area contributed by atoms with Crippen molar-refractivity contribution >= 4 is 38.7 Å². The monoisotopic (exact) mass is 482 g/mol. The van der Waals surface area contributed by atoms with Gasteiger partial charge in [0.25, 0.3) is 5.56 Å². The van der Waals surface area contributed by atoms with Crippen molar-refractivity contribution in [2.24, 2.45) is 0 Å². The van der Waals surface area contributed by atoms with Gasteiger partial charge in [0.15, 0.2) is 0 Å². The molecule has 0 aliphatic carbocycles. The van der Waals surface area contributed by atoms with Gasteiger partial charge in [-0.1, -0.05) is 6.08 Å². The number of aromatic carboxylic acids is 1. The van der Waals surface area contributed by atoms with Gasteiger partial charge in [0, 0.05) is 23.7 Å². The average molecular weight is 482 g/mol. The molecular weight excluding hydrogens is 463 g/mol. The van der Waals surface area contributed by atoms with Crippen LogP contribution >= 0.6 is 0 Å². The van der Waals surface area contributed by atoms with Gasteiger partial charge in [-0.3, -0.25) is 9.89 Å². The Hall–Kier alpha value is -4.92. The minimum absolute atomic E-state index is 0.110. The van der Waals surface area contributed by atoms with Crippen LogP contribution in [-0.2, 0) is 13.0 Å². The predicted octanol–water partition coefficient (Wildman–Crippen LogP) is 5.23. The molecule has 0 unspecified atom stereocenters. The van der Waals surface area contributed by atoms with Crippen molar-refractivity contribution in [2.45, 2.75) is 13.0 Å². The van der Waals surface area contributed by atoms with Crippen molar-refractivity contribution in [1.82, 2.24) is 19.7 Å². The lowest BCUT2D eigenvalue weighted by molar-refractivity contribution is 0.0687. The van der Waals surface area contributed by atoms with Crippen LogP contribution in [0.25, 0.3) is 43.9 Å². The zero-order valence-corrected chi connectivity index (χ0v) is 18.8. The molecule has 0 radical (unpaired) electrons. The summed E-state index contributed by atoms with van der Waals surface area (Å²) in [6, 6.07) is 9.80. The van der Waals surface area contributed by atoms with E-state index in [0.717, 1.165) is 22.0 Å². The first-order chi connectivity index (χ1) is 17.5. The summed E-state index contributed by atoms with van der Waals surface area (Å²) in [5.74, 6) is -1.80. The number of nitrogens with one attached hydrogen (secondary N) is 2. The van der Waals surface area contributed by atoms with Crippen molar-refractivity contribution in [1.29, 1.82) is 0 Å². The number of aromatic nitrogens is 4. The minimum atomic E-state index is -1.25. The third-order valence-electron chi connectivity index (χ3n) is 6.46. The largest absolute Gasteiger partial charge is 0.477 e. The number of furan rings is 1. The Kier molecular flexibility index (Phi) is 4.85. The highest BCUT2D eigenvalue weighted by molar-refractivity contribution is 6.17. The topological polar surface area (TPSA) is 117 Å². The number of hydrogen-bond donors (Lipinski definition) is 3. The zero-order chi connectivity index (χ0) is 25.0. The molecule has 178 valence electrons. The van der Waals surface area contributed by atoms with E-state index in [1.54, 1.807) is 24.4 Å². The molecule has 3 N–H and O–H groups in total. The summed E-state index contributed by atoms with van der Waals surface area (Å²) in [6.07, 6.45) is 6.79. The molecule has 0 aliphatic heterocycles. The van der Waals surface area contributed by atoms with Crippen molar-refractivity contribution in [3.05, 3.63) is 101 Å². The van der Waals surface area contributed by atoms with Gasteiger partial charge in [-0.2, -0.15) is 5.10 Å². The third-order valence-corrected chi connectivity index (χ3v) is 6.46. The second-order valence-electron chi connectivity index (χ2n) is 8.51. The van der Waals surface area contributed by atoms with Crippen LogP contribution in [0.15, 0.2) is 76.9 Å². The van der Waals surface area contributed by atoms with Crippen LogP contribution in [0.4, 0.5) is 4.39 Å². The summed E-state index contributed by atoms with van der Waals surface area (Å²) in [6.45, 7) is 3.94. The van der Waals surface area contributed by atoms with Gasteiger partial charge in [0.05, 0.1) is 39.8 Å². The lowest BCUT2D eigenvalue weighted by Crippen LogP contribution is -2.14. The molecule has 0 saturated carbocycles. The minimum Gasteiger partial charge on any atom is -0.477 e. The van der Waals surface area contributed by atoms with Gasteiger partial charge >= 0.3 is 5.97 Å². The molecule has 0 spiro atoms. The smallest absolute Gasteiger partial charge is 0.353 e. The number of fused-ring (bicyclic) bond motifs is 4. The van der Waals surface area contributed by atoms with Crippen LogP contribution in [-0.4, -0.2) is 30.8 Å². The zero-order valence-electron chi connectivity index (χ0n) is 18.8. The van der Waals surface area contributed by atoms with Crippen LogP contribution in [0.2, 0.25) is 0 Å². The fraction of sp³-hybridized carbons (Fsp3) is 0.0741. The maximum absolute atomic E-state index is 15.1. The van der Waals surface area contributed by atoms with Crippen LogP contribution in [0.5, 0.6) is 0 Å². The van der Waals surface area contributed by atoms with E-state index in [0.29, 0.717) is 17.3 Å². The summed E-state index contributed by atoms with van der Waals surface area (Å²) in [5, 5.41) is 18.8. The Balaban J connectivity index is 1.73. The molecule has 0 saturated heterocycles. The van der Waals surface area contributed by atoms with Gasteiger partial charge < -0.3 is 19.1 Å². The quantitative estimate of drug-likeness (QED) is 0.281. The summed E-state index contributed by atoms with van der Waals surface area (Å²) >= 11 is 0. The molecule has 36 heavy (non-hydrogen) atoms. The number of H-pyrrole nitrogens is 2. The fourth-order valence-electron chi connectivity index (χ4n) is 4.92. The first kappa shape index (κ1) is 21.6.